The summed E-state index contributed by atoms with van der Waals surface area (Å²) in [6.45, 7) is 2.17. The average molecular weight is 484 g/mol. The van der Waals surface area contributed by atoms with Gasteiger partial charge in [-0.25, -0.2) is 9.67 Å². The van der Waals surface area contributed by atoms with Crippen molar-refractivity contribution in [2.24, 2.45) is 0 Å². The quantitative estimate of drug-likeness (QED) is 0.422. The van der Waals surface area contributed by atoms with Gasteiger partial charge in [-0.1, -0.05) is 35.3 Å². The van der Waals surface area contributed by atoms with Crippen molar-refractivity contribution in [3.63, 3.8) is 0 Å². The minimum atomic E-state index is -0.312. The molecule has 0 amide bonds. The third-order valence-electron chi connectivity index (χ3n) is 5.98. The number of halogens is 2. The van der Waals surface area contributed by atoms with Crippen LogP contribution in [0, 0.1) is 0 Å². The number of fused-ring (bicyclic) bond motifs is 1. The molecule has 0 unspecified atom stereocenters. The number of benzene rings is 2. The first-order valence-corrected chi connectivity index (χ1v) is 11.7. The Balaban J connectivity index is 1.21. The van der Waals surface area contributed by atoms with E-state index in [0.29, 0.717) is 35.5 Å². The minimum absolute atomic E-state index is 0.193. The van der Waals surface area contributed by atoms with Crippen molar-refractivity contribution in [3.05, 3.63) is 81.0 Å². The zero-order chi connectivity index (χ0) is 22.8. The zero-order valence-electron chi connectivity index (χ0n) is 17.9. The van der Waals surface area contributed by atoms with E-state index in [-0.39, 0.29) is 10.6 Å². The van der Waals surface area contributed by atoms with Gasteiger partial charge in [-0.2, -0.15) is 5.10 Å². The number of H-pyrrole nitrogens is 1. The molecule has 1 fully saturated rings. The summed E-state index contributed by atoms with van der Waals surface area (Å²) in [6, 6.07) is 15.1. The van der Waals surface area contributed by atoms with Gasteiger partial charge in [0.2, 0.25) is 0 Å². The normalized spacial score (nSPS) is 14.7. The fraction of sp³-hybridized carbons (Fsp3) is 0.292. The maximum atomic E-state index is 12.8. The van der Waals surface area contributed by atoms with Crippen molar-refractivity contribution in [3.8, 4) is 5.75 Å². The number of ether oxygens (including phenoxy) is 1. The standard InChI is InChI=1S/C24H23Cl2N5O2/c25-17-5-7-18(8-6-17)33-14-13-31-24(32)22(26)21(15-27-31)30-11-9-16(10-12-30)23-28-19-3-1-2-4-20(19)29-23/h1-8,15-16H,9-14H2,(H,28,29). The molecule has 1 saturated heterocycles. The lowest BCUT2D eigenvalue weighted by Crippen LogP contribution is -2.36. The Morgan fingerprint density at radius 2 is 1.82 bits per heavy atom. The van der Waals surface area contributed by atoms with E-state index in [1.165, 1.54) is 4.68 Å². The molecule has 0 saturated carbocycles. The number of piperidine rings is 1. The van der Waals surface area contributed by atoms with Crippen LogP contribution >= 0.6 is 23.2 Å². The van der Waals surface area contributed by atoms with Crippen molar-refractivity contribution in [1.29, 1.82) is 0 Å². The summed E-state index contributed by atoms with van der Waals surface area (Å²) in [5, 5.41) is 5.16. The van der Waals surface area contributed by atoms with Crippen LogP contribution in [0.4, 0.5) is 5.69 Å². The number of hydrogen-bond acceptors (Lipinski definition) is 5. The average Bonchev–Trinajstić information content (AvgIpc) is 3.28. The van der Waals surface area contributed by atoms with Gasteiger partial charge in [-0.15, -0.1) is 0 Å². The van der Waals surface area contributed by atoms with Crippen molar-refractivity contribution in [2.45, 2.75) is 25.3 Å². The van der Waals surface area contributed by atoms with E-state index in [1.807, 2.05) is 24.3 Å². The number of nitrogens with one attached hydrogen (secondary N) is 1. The number of nitrogens with zero attached hydrogens (tertiary/aromatic N) is 4. The lowest BCUT2D eigenvalue weighted by molar-refractivity contribution is 0.288. The number of anilines is 1. The Bertz CT molecular complexity index is 1280. The van der Waals surface area contributed by atoms with E-state index >= 15 is 0 Å². The molecule has 4 aromatic rings. The molecule has 5 rings (SSSR count). The Morgan fingerprint density at radius 1 is 1.06 bits per heavy atom. The maximum absolute atomic E-state index is 12.8. The van der Waals surface area contributed by atoms with Crippen LogP contribution in [0.15, 0.2) is 59.5 Å². The summed E-state index contributed by atoms with van der Waals surface area (Å²) in [7, 11) is 0. The highest BCUT2D eigenvalue weighted by molar-refractivity contribution is 6.33. The van der Waals surface area contributed by atoms with Gasteiger partial charge in [-0.05, 0) is 49.2 Å². The molecule has 3 heterocycles. The van der Waals surface area contributed by atoms with Crippen molar-refractivity contribution < 1.29 is 4.74 Å². The Labute approximate surface area is 200 Å². The first kappa shape index (κ1) is 21.8. The van der Waals surface area contributed by atoms with Gasteiger partial charge in [0.15, 0.2) is 0 Å². The predicted molar refractivity (Wildman–Crippen MR) is 131 cm³/mol. The molecule has 7 nitrogen and oxygen atoms in total. The van der Waals surface area contributed by atoms with Crippen molar-refractivity contribution in [2.75, 3.05) is 24.6 Å². The molecule has 170 valence electrons. The highest BCUT2D eigenvalue weighted by Crippen LogP contribution is 2.31. The lowest BCUT2D eigenvalue weighted by atomic mass is 9.96. The highest BCUT2D eigenvalue weighted by atomic mass is 35.5. The van der Waals surface area contributed by atoms with Gasteiger partial charge in [0.05, 0.1) is 29.5 Å². The third-order valence-corrected chi connectivity index (χ3v) is 6.59. The molecule has 0 bridgehead atoms. The largest absolute Gasteiger partial charge is 0.492 e. The molecule has 0 atom stereocenters. The van der Waals surface area contributed by atoms with Crippen LogP contribution in [0.1, 0.15) is 24.6 Å². The number of rotatable bonds is 6. The number of hydrogen-bond donors (Lipinski definition) is 1. The van der Waals surface area contributed by atoms with Gasteiger partial charge in [0.1, 0.15) is 23.2 Å². The number of aromatic amines is 1. The molecule has 2 aromatic carbocycles. The van der Waals surface area contributed by atoms with Crippen LogP contribution in [0.3, 0.4) is 0 Å². The van der Waals surface area contributed by atoms with Crippen molar-refractivity contribution in [1.82, 2.24) is 19.7 Å². The predicted octanol–water partition coefficient (Wildman–Crippen LogP) is 4.89. The summed E-state index contributed by atoms with van der Waals surface area (Å²) in [5.41, 5.74) is 2.42. The second kappa shape index (κ2) is 9.45. The molecular formula is C24H23Cl2N5O2. The number of para-hydroxylation sites is 2. The molecule has 0 spiro atoms. The van der Waals surface area contributed by atoms with Crippen LogP contribution in [0.2, 0.25) is 10.0 Å². The molecule has 9 heteroatoms. The van der Waals surface area contributed by atoms with E-state index in [0.717, 1.165) is 42.8 Å². The SMILES string of the molecule is O=c1c(Cl)c(N2CCC(c3nc4ccccc4[nH]3)CC2)cnn1CCOc1ccc(Cl)cc1. The van der Waals surface area contributed by atoms with E-state index in [1.54, 1.807) is 30.5 Å². The smallest absolute Gasteiger partial charge is 0.287 e. The van der Waals surface area contributed by atoms with E-state index in [9.17, 15) is 4.79 Å². The summed E-state index contributed by atoms with van der Waals surface area (Å²) in [4.78, 5) is 23.1. The fourth-order valence-corrected chi connectivity index (χ4v) is 4.57. The molecule has 0 radical (unpaired) electrons. The molecule has 1 aliphatic heterocycles. The van der Waals surface area contributed by atoms with Gasteiger partial charge in [0.25, 0.3) is 5.56 Å². The van der Waals surface area contributed by atoms with Gasteiger partial charge >= 0.3 is 0 Å². The first-order valence-electron chi connectivity index (χ1n) is 10.9. The minimum Gasteiger partial charge on any atom is -0.492 e. The molecule has 1 aliphatic rings. The molecule has 33 heavy (non-hydrogen) atoms. The Kier molecular flexibility index (Phi) is 6.24. The monoisotopic (exact) mass is 483 g/mol. The molecular weight excluding hydrogens is 461 g/mol. The second-order valence-electron chi connectivity index (χ2n) is 8.07. The first-order chi connectivity index (χ1) is 16.1. The molecule has 2 aromatic heterocycles. The lowest BCUT2D eigenvalue weighted by Gasteiger charge is -2.33. The van der Waals surface area contributed by atoms with Crippen LogP contribution in [0.25, 0.3) is 11.0 Å². The summed E-state index contributed by atoms with van der Waals surface area (Å²) in [6.07, 6.45) is 3.52. The second-order valence-corrected chi connectivity index (χ2v) is 8.89. The topological polar surface area (TPSA) is 76.0 Å². The molecule has 1 N–H and O–H groups in total. The summed E-state index contributed by atoms with van der Waals surface area (Å²) < 4.78 is 7.00. The van der Waals surface area contributed by atoms with Gasteiger partial charge in [0, 0.05) is 24.0 Å². The van der Waals surface area contributed by atoms with Crippen LogP contribution < -0.4 is 15.2 Å². The van der Waals surface area contributed by atoms with Gasteiger partial charge < -0.3 is 14.6 Å². The van der Waals surface area contributed by atoms with E-state index in [2.05, 4.69) is 15.0 Å². The fourth-order valence-electron chi connectivity index (χ4n) is 4.18. The number of imidazole rings is 1. The third kappa shape index (κ3) is 4.70. The van der Waals surface area contributed by atoms with E-state index in [4.69, 9.17) is 32.9 Å². The summed E-state index contributed by atoms with van der Waals surface area (Å²) >= 11 is 12.3. The Morgan fingerprint density at radius 3 is 2.58 bits per heavy atom. The van der Waals surface area contributed by atoms with Crippen LogP contribution in [-0.4, -0.2) is 39.4 Å². The maximum Gasteiger partial charge on any atom is 0.287 e. The van der Waals surface area contributed by atoms with Crippen LogP contribution in [0.5, 0.6) is 5.75 Å². The Hall–Kier alpha value is -3.03. The van der Waals surface area contributed by atoms with Gasteiger partial charge in [-0.3, -0.25) is 4.79 Å². The highest BCUT2D eigenvalue weighted by Gasteiger charge is 2.25. The molecule has 0 aliphatic carbocycles. The van der Waals surface area contributed by atoms with E-state index < -0.39 is 0 Å². The van der Waals surface area contributed by atoms with Crippen molar-refractivity contribution >= 4 is 39.9 Å². The zero-order valence-corrected chi connectivity index (χ0v) is 19.4. The number of aromatic nitrogens is 4. The summed E-state index contributed by atoms with van der Waals surface area (Å²) in [5.74, 6) is 2.06. The van der Waals surface area contributed by atoms with Crippen LogP contribution in [-0.2, 0) is 6.54 Å².